The number of non-ortho nitro benzene ring substituents is 1. The number of allylic oxidation sites excluding steroid dienone is 1. The first-order valence-electron chi connectivity index (χ1n) is 4.29. The lowest BCUT2D eigenvalue weighted by Gasteiger charge is -2.02. The van der Waals surface area contributed by atoms with Crippen LogP contribution in [0.1, 0.15) is 0 Å². The molecular weight excluding hydrogens is 244 g/mol. The molecule has 17 heavy (non-hydrogen) atoms. The molecule has 0 spiro atoms. The Morgan fingerprint density at radius 3 is 2.59 bits per heavy atom. The van der Waals surface area contributed by atoms with Crippen molar-refractivity contribution in [3.05, 3.63) is 45.1 Å². The Balaban J connectivity index is 2.96. The highest BCUT2D eigenvalue weighted by Crippen LogP contribution is 2.26. The zero-order valence-electron chi connectivity index (χ0n) is 8.35. The third-order valence-electron chi connectivity index (χ3n) is 1.78. The van der Waals surface area contributed by atoms with E-state index < -0.39 is 4.92 Å². The summed E-state index contributed by atoms with van der Waals surface area (Å²) in [7, 11) is 0. The van der Waals surface area contributed by atoms with Gasteiger partial charge < -0.3 is 5.32 Å². The minimum atomic E-state index is -0.568. The van der Waals surface area contributed by atoms with E-state index in [0.29, 0.717) is 5.69 Å². The summed E-state index contributed by atoms with van der Waals surface area (Å²) in [5, 5.41) is 30.2. The third kappa shape index (κ3) is 3.20. The lowest BCUT2D eigenvalue weighted by molar-refractivity contribution is -0.384. The van der Waals surface area contributed by atoms with Gasteiger partial charge in [0.15, 0.2) is 0 Å². The predicted octanol–water partition coefficient (Wildman–Crippen LogP) is 2.59. The molecule has 0 bridgehead atoms. The Kier molecular flexibility index (Phi) is 4.04. The maximum absolute atomic E-state index is 10.5. The van der Waals surface area contributed by atoms with Crippen molar-refractivity contribution in [2.75, 3.05) is 5.32 Å². The van der Waals surface area contributed by atoms with Crippen molar-refractivity contribution in [2.45, 2.75) is 0 Å². The van der Waals surface area contributed by atoms with Crippen molar-refractivity contribution in [3.63, 3.8) is 0 Å². The average molecular weight is 249 g/mol. The van der Waals surface area contributed by atoms with Gasteiger partial charge in [-0.3, -0.25) is 10.1 Å². The number of nitrogens with one attached hydrogen (secondary N) is 1. The Hall–Kier alpha value is -2.57. The summed E-state index contributed by atoms with van der Waals surface area (Å²) in [4.78, 5) is 9.88. The van der Waals surface area contributed by atoms with Gasteiger partial charge in [-0.1, -0.05) is 11.6 Å². The van der Waals surface area contributed by atoms with Gasteiger partial charge in [0.2, 0.25) is 0 Å². The predicted molar refractivity (Wildman–Crippen MR) is 61.0 cm³/mol. The fourth-order valence-corrected chi connectivity index (χ4v) is 1.20. The number of nitriles is 2. The number of halogens is 1. The van der Waals surface area contributed by atoms with E-state index in [9.17, 15) is 10.1 Å². The number of nitro benzene ring substituents is 1. The second-order valence-electron chi connectivity index (χ2n) is 2.85. The molecule has 1 N–H and O–H groups in total. The minimum absolute atomic E-state index is 0.126. The smallest absolute Gasteiger partial charge is 0.271 e. The molecule has 0 aliphatic rings. The summed E-state index contributed by atoms with van der Waals surface area (Å²) in [6, 6.07) is 7.15. The second kappa shape index (κ2) is 5.50. The summed E-state index contributed by atoms with van der Waals surface area (Å²) in [5.41, 5.74) is 0.116. The summed E-state index contributed by atoms with van der Waals surface area (Å²) in [6.45, 7) is 0. The minimum Gasteiger partial charge on any atom is -0.359 e. The SMILES string of the molecule is N#CC(C#N)=CNc1ccc([N+](=O)[O-])cc1Cl. The van der Waals surface area contributed by atoms with E-state index >= 15 is 0 Å². The molecule has 0 fully saturated rings. The van der Waals surface area contributed by atoms with E-state index in [4.69, 9.17) is 22.1 Å². The molecule has 0 amide bonds. The number of anilines is 1. The van der Waals surface area contributed by atoms with E-state index in [1.807, 2.05) is 0 Å². The number of nitrogens with zero attached hydrogens (tertiary/aromatic N) is 3. The molecule has 0 heterocycles. The molecule has 0 saturated heterocycles. The fourth-order valence-electron chi connectivity index (χ4n) is 0.974. The van der Waals surface area contributed by atoms with Crippen LogP contribution < -0.4 is 5.32 Å². The van der Waals surface area contributed by atoms with Crippen molar-refractivity contribution in [2.24, 2.45) is 0 Å². The van der Waals surface area contributed by atoms with E-state index in [0.717, 1.165) is 0 Å². The van der Waals surface area contributed by atoms with Crippen molar-refractivity contribution in [3.8, 4) is 12.1 Å². The molecular formula is C10H5ClN4O2. The molecule has 0 atom stereocenters. The largest absolute Gasteiger partial charge is 0.359 e. The summed E-state index contributed by atoms with van der Waals surface area (Å²) in [6.07, 6.45) is 1.17. The molecule has 6 nitrogen and oxygen atoms in total. The van der Waals surface area contributed by atoms with Gasteiger partial charge in [0, 0.05) is 18.3 Å². The van der Waals surface area contributed by atoms with Crippen molar-refractivity contribution in [1.82, 2.24) is 0 Å². The quantitative estimate of drug-likeness (QED) is 0.503. The van der Waals surface area contributed by atoms with Crippen LogP contribution in [0.5, 0.6) is 0 Å². The van der Waals surface area contributed by atoms with Crippen LogP contribution in [0.4, 0.5) is 11.4 Å². The van der Waals surface area contributed by atoms with Crippen molar-refractivity contribution in [1.29, 1.82) is 10.5 Å². The van der Waals surface area contributed by atoms with Gasteiger partial charge in [0.05, 0.1) is 15.6 Å². The number of hydrogen-bond donors (Lipinski definition) is 1. The molecule has 0 saturated carbocycles. The van der Waals surface area contributed by atoms with Gasteiger partial charge in [0.1, 0.15) is 17.7 Å². The molecule has 1 aromatic carbocycles. The van der Waals surface area contributed by atoms with Crippen LogP contribution in [-0.4, -0.2) is 4.92 Å². The maximum atomic E-state index is 10.5. The second-order valence-corrected chi connectivity index (χ2v) is 3.25. The van der Waals surface area contributed by atoms with E-state index in [2.05, 4.69) is 5.32 Å². The molecule has 1 aromatic rings. The highest BCUT2D eigenvalue weighted by Gasteiger charge is 2.08. The zero-order chi connectivity index (χ0) is 12.8. The van der Waals surface area contributed by atoms with Crippen LogP contribution in [-0.2, 0) is 0 Å². The summed E-state index contributed by atoms with van der Waals surface area (Å²) in [5.74, 6) is 0. The summed E-state index contributed by atoms with van der Waals surface area (Å²) < 4.78 is 0. The average Bonchev–Trinajstić information content (AvgIpc) is 2.31. The lowest BCUT2D eigenvalue weighted by Crippen LogP contribution is -1.93. The molecule has 0 aliphatic carbocycles. The van der Waals surface area contributed by atoms with Gasteiger partial charge in [-0.2, -0.15) is 10.5 Å². The third-order valence-corrected chi connectivity index (χ3v) is 2.09. The standard InChI is InChI=1S/C10H5ClN4O2/c11-9-3-8(15(16)17)1-2-10(9)14-6-7(4-12)5-13/h1-3,6,14H. The molecule has 0 aromatic heterocycles. The first-order chi connectivity index (χ1) is 8.08. The summed E-state index contributed by atoms with van der Waals surface area (Å²) >= 11 is 5.78. The lowest BCUT2D eigenvalue weighted by atomic mass is 10.3. The van der Waals surface area contributed by atoms with Gasteiger partial charge in [-0.25, -0.2) is 0 Å². The Bertz CT molecular complexity index is 553. The number of rotatable bonds is 3. The first-order valence-corrected chi connectivity index (χ1v) is 4.67. The van der Waals surface area contributed by atoms with Crippen LogP contribution >= 0.6 is 11.6 Å². The van der Waals surface area contributed by atoms with Crippen LogP contribution in [0.25, 0.3) is 0 Å². The molecule has 1 rings (SSSR count). The van der Waals surface area contributed by atoms with Crippen LogP contribution in [0.2, 0.25) is 5.02 Å². The molecule has 0 unspecified atom stereocenters. The zero-order valence-corrected chi connectivity index (χ0v) is 9.10. The number of nitro groups is 1. The monoisotopic (exact) mass is 248 g/mol. The molecule has 0 radical (unpaired) electrons. The fraction of sp³-hybridized carbons (Fsp3) is 0. The Morgan fingerprint density at radius 2 is 2.12 bits per heavy atom. The van der Waals surface area contributed by atoms with Gasteiger partial charge in [0.25, 0.3) is 5.69 Å². The highest BCUT2D eigenvalue weighted by atomic mass is 35.5. The molecule has 7 heteroatoms. The van der Waals surface area contributed by atoms with E-state index in [-0.39, 0.29) is 16.3 Å². The number of hydrogen-bond acceptors (Lipinski definition) is 5. The van der Waals surface area contributed by atoms with Crippen LogP contribution in [0.15, 0.2) is 30.0 Å². The van der Waals surface area contributed by atoms with Crippen molar-refractivity contribution >= 4 is 23.0 Å². The Labute approximate surface area is 101 Å². The van der Waals surface area contributed by atoms with Crippen molar-refractivity contribution < 1.29 is 4.92 Å². The van der Waals surface area contributed by atoms with Crippen LogP contribution in [0.3, 0.4) is 0 Å². The Morgan fingerprint density at radius 1 is 1.47 bits per heavy atom. The van der Waals surface area contributed by atoms with Gasteiger partial charge in [-0.15, -0.1) is 0 Å². The van der Waals surface area contributed by atoms with E-state index in [1.54, 1.807) is 12.1 Å². The first kappa shape index (κ1) is 12.5. The molecule has 84 valence electrons. The van der Waals surface area contributed by atoms with Gasteiger partial charge >= 0.3 is 0 Å². The topological polar surface area (TPSA) is 103 Å². The molecule has 0 aliphatic heterocycles. The van der Waals surface area contributed by atoms with Crippen LogP contribution in [0, 0.1) is 32.8 Å². The normalized spacial score (nSPS) is 8.65. The van der Waals surface area contributed by atoms with Gasteiger partial charge in [-0.05, 0) is 6.07 Å². The highest BCUT2D eigenvalue weighted by molar-refractivity contribution is 6.33. The van der Waals surface area contributed by atoms with E-state index in [1.165, 1.54) is 24.4 Å². The maximum Gasteiger partial charge on any atom is 0.271 e. The number of benzene rings is 1.